The van der Waals surface area contributed by atoms with Crippen LogP contribution in [0.25, 0.3) is 0 Å². The first-order chi connectivity index (χ1) is 17.2. The van der Waals surface area contributed by atoms with Crippen molar-refractivity contribution in [2.24, 2.45) is 5.92 Å². The Labute approximate surface area is 213 Å². The number of fused-ring (bicyclic) bond motifs is 1. The molecule has 188 valence electrons. The van der Waals surface area contributed by atoms with Gasteiger partial charge in [0.05, 0.1) is 19.6 Å². The average Bonchev–Trinajstić information content (AvgIpc) is 3.07. The predicted octanol–water partition coefficient (Wildman–Crippen LogP) is 6.23. The Balaban J connectivity index is 1.54. The van der Waals surface area contributed by atoms with E-state index in [1.54, 1.807) is 4.90 Å². The Bertz CT molecular complexity index is 1250. The highest BCUT2D eigenvalue weighted by Crippen LogP contribution is 2.27. The molecular weight excluding hydrogens is 450 g/mol. The van der Waals surface area contributed by atoms with Crippen LogP contribution in [-0.4, -0.2) is 30.0 Å². The van der Waals surface area contributed by atoms with Crippen molar-refractivity contribution in [2.75, 3.05) is 23.4 Å². The highest BCUT2D eigenvalue weighted by atomic mass is 16.5. The molecule has 3 aromatic carbocycles. The van der Waals surface area contributed by atoms with Crippen LogP contribution in [0, 0.1) is 26.7 Å². The fourth-order valence-electron chi connectivity index (χ4n) is 4.26. The summed E-state index contributed by atoms with van der Waals surface area (Å²) in [4.78, 5) is 29.7. The van der Waals surface area contributed by atoms with Crippen molar-refractivity contribution in [2.45, 2.75) is 47.7 Å². The number of nitrogens with zero attached hydrogens (tertiary/aromatic N) is 2. The number of ether oxygens (including phenoxy) is 1. The molecule has 0 fully saturated rings. The maximum atomic E-state index is 13.1. The Morgan fingerprint density at radius 1 is 0.972 bits per heavy atom. The third-order valence-corrected chi connectivity index (χ3v) is 6.60. The predicted molar refractivity (Wildman–Crippen MR) is 144 cm³/mol. The SMILES string of the molecule is Cc1ccc(N(Cc2ccc3c(c2)CN(C(=O)Nc2ccc(C)c(C)c2)CCO3)C(=O)C(C)C)cc1. The van der Waals surface area contributed by atoms with E-state index in [0.29, 0.717) is 26.2 Å². The number of aryl methyl sites for hydroxylation is 3. The molecule has 0 spiro atoms. The van der Waals surface area contributed by atoms with Gasteiger partial charge < -0.3 is 19.9 Å². The lowest BCUT2D eigenvalue weighted by Gasteiger charge is -2.26. The summed E-state index contributed by atoms with van der Waals surface area (Å²) < 4.78 is 5.96. The van der Waals surface area contributed by atoms with E-state index in [0.717, 1.165) is 39.4 Å². The van der Waals surface area contributed by atoms with Crippen LogP contribution in [-0.2, 0) is 17.9 Å². The van der Waals surface area contributed by atoms with Gasteiger partial charge in [-0.1, -0.05) is 43.7 Å². The maximum absolute atomic E-state index is 13.1. The Morgan fingerprint density at radius 3 is 2.42 bits per heavy atom. The highest BCUT2D eigenvalue weighted by molar-refractivity contribution is 5.94. The quantitative estimate of drug-likeness (QED) is 0.466. The number of urea groups is 1. The Hall–Kier alpha value is -3.80. The summed E-state index contributed by atoms with van der Waals surface area (Å²) in [5.74, 6) is 0.719. The molecule has 0 unspecified atom stereocenters. The summed E-state index contributed by atoms with van der Waals surface area (Å²) in [7, 11) is 0. The first kappa shape index (κ1) is 25.3. The minimum Gasteiger partial charge on any atom is -0.491 e. The number of benzene rings is 3. The summed E-state index contributed by atoms with van der Waals surface area (Å²) in [6.45, 7) is 11.7. The van der Waals surface area contributed by atoms with Crippen molar-refractivity contribution in [1.82, 2.24) is 4.90 Å². The molecule has 0 aliphatic carbocycles. The van der Waals surface area contributed by atoms with Gasteiger partial charge in [-0.2, -0.15) is 0 Å². The summed E-state index contributed by atoms with van der Waals surface area (Å²) >= 11 is 0. The van der Waals surface area contributed by atoms with Crippen molar-refractivity contribution >= 4 is 23.3 Å². The fourth-order valence-corrected chi connectivity index (χ4v) is 4.26. The van der Waals surface area contributed by atoms with E-state index in [2.05, 4.69) is 12.2 Å². The number of carbonyl (C=O) groups is 2. The molecule has 0 radical (unpaired) electrons. The van der Waals surface area contributed by atoms with Gasteiger partial charge in [-0.15, -0.1) is 0 Å². The number of rotatable bonds is 5. The number of nitrogens with one attached hydrogen (secondary N) is 1. The normalized spacial score (nSPS) is 13.0. The van der Waals surface area contributed by atoms with Gasteiger partial charge >= 0.3 is 6.03 Å². The molecule has 3 amide bonds. The molecule has 6 heteroatoms. The van der Waals surface area contributed by atoms with Crippen molar-refractivity contribution < 1.29 is 14.3 Å². The van der Waals surface area contributed by atoms with E-state index in [1.807, 2.05) is 93.3 Å². The zero-order valence-corrected chi connectivity index (χ0v) is 21.8. The summed E-state index contributed by atoms with van der Waals surface area (Å²) in [5, 5.41) is 3.02. The number of anilines is 2. The summed E-state index contributed by atoms with van der Waals surface area (Å²) in [6.07, 6.45) is 0. The number of hydrogen-bond acceptors (Lipinski definition) is 3. The first-order valence-electron chi connectivity index (χ1n) is 12.5. The molecule has 1 N–H and O–H groups in total. The second-order valence-corrected chi connectivity index (χ2v) is 9.86. The second kappa shape index (κ2) is 10.9. The second-order valence-electron chi connectivity index (χ2n) is 9.86. The fraction of sp³-hybridized carbons (Fsp3) is 0.333. The maximum Gasteiger partial charge on any atom is 0.322 e. The van der Waals surface area contributed by atoms with Crippen LogP contribution in [0.3, 0.4) is 0 Å². The molecule has 0 saturated carbocycles. The van der Waals surface area contributed by atoms with Crippen LogP contribution in [0.1, 0.15) is 41.7 Å². The molecule has 3 aromatic rings. The molecule has 1 heterocycles. The Morgan fingerprint density at radius 2 is 1.72 bits per heavy atom. The molecule has 4 rings (SSSR count). The molecule has 1 aliphatic heterocycles. The highest BCUT2D eigenvalue weighted by Gasteiger charge is 2.23. The molecule has 36 heavy (non-hydrogen) atoms. The van der Waals surface area contributed by atoms with Gasteiger partial charge in [-0.25, -0.2) is 4.79 Å². The van der Waals surface area contributed by atoms with E-state index in [1.165, 1.54) is 5.56 Å². The largest absolute Gasteiger partial charge is 0.491 e. The van der Waals surface area contributed by atoms with E-state index >= 15 is 0 Å². The minimum atomic E-state index is -0.156. The third kappa shape index (κ3) is 5.88. The van der Waals surface area contributed by atoms with E-state index in [4.69, 9.17) is 4.74 Å². The van der Waals surface area contributed by atoms with Gasteiger partial charge in [0, 0.05) is 22.9 Å². The van der Waals surface area contributed by atoms with Crippen LogP contribution in [0.5, 0.6) is 5.75 Å². The van der Waals surface area contributed by atoms with Gasteiger partial charge in [0.1, 0.15) is 12.4 Å². The van der Waals surface area contributed by atoms with Crippen LogP contribution in [0.15, 0.2) is 60.7 Å². The van der Waals surface area contributed by atoms with Crippen molar-refractivity contribution in [3.63, 3.8) is 0 Å². The number of hydrogen-bond donors (Lipinski definition) is 1. The monoisotopic (exact) mass is 485 g/mol. The minimum absolute atomic E-state index is 0.0689. The molecule has 1 aliphatic rings. The van der Waals surface area contributed by atoms with Gasteiger partial charge in [-0.3, -0.25) is 4.79 Å². The standard InChI is InChI=1S/C30H35N3O3/c1-20(2)29(34)33(27-11-6-21(3)7-12-27)18-24-9-13-28-25(17-24)19-32(14-15-36-28)30(35)31-26-10-8-22(4)23(5)16-26/h6-13,16-17,20H,14-15,18-19H2,1-5H3,(H,31,35). The number of amides is 3. The lowest BCUT2D eigenvalue weighted by atomic mass is 10.1. The van der Waals surface area contributed by atoms with Crippen LogP contribution in [0.4, 0.5) is 16.2 Å². The summed E-state index contributed by atoms with van der Waals surface area (Å²) in [5.41, 5.74) is 7.05. The average molecular weight is 486 g/mol. The third-order valence-electron chi connectivity index (χ3n) is 6.60. The molecular formula is C30H35N3O3. The zero-order valence-electron chi connectivity index (χ0n) is 21.8. The van der Waals surface area contributed by atoms with Gasteiger partial charge in [0.15, 0.2) is 0 Å². The van der Waals surface area contributed by atoms with Crippen molar-refractivity contribution in [1.29, 1.82) is 0 Å². The van der Waals surface area contributed by atoms with Crippen molar-refractivity contribution in [3.05, 3.63) is 88.5 Å². The van der Waals surface area contributed by atoms with Crippen LogP contribution >= 0.6 is 0 Å². The van der Waals surface area contributed by atoms with Gasteiger partial charge in [-0.05, 0) is 73.9 Å². The van der Waals surface area contributed by atoms with Gasteiger partial charge in [0.2, 0.25) is 5.91 Å². The topological polar surface area (TPSA) is 61.9 Å². The lowest BCUT2D eigenvalue weighted by Crippen LogP contribution is -2.36. The van der Waals surface area contributed by atoms with E-state index in [-0.39, 0.29) is 17.9 Å². The molecule has 0 bridgehead atoms. The Kier molecular flexibility index (Phi) is 7.63. The first-order valence-corrected chi connectivity index (χ1v) is 12.5. The van der Waals surface area contributed by atoms with E-state index in [9.17, 15) is 9.59 Å². The van der Waals surface area contributed by atoms with Crippen LogP contribution < -0.4 is 15.0 Å². The zero-order chi connectivity index (χ0) is 25.8. The van der Waals surface area contributed by atoms with Crippen molar-refractivity contribution in [3.8, 4) is 5.75 Å². The van der Waals surface area contributed by atoms with E-state index < -0.39 is 0 Å². The summed E-state index contributed by atoms with van der Waals surface area (Å²) in [6, 6.07) is 19.8. The molecule has 0 saturated heterocycles. The molecule has 0 aromatic heterocycles. The lowest BCUT2D eigenvalue weighted by molar-refractivity contribution is -0.121. The molecule has 6 nitrogen and oxygen atoms in total. The number of carbonyl (C=O) groups excluding carboxylic acids is 2. The van der Waals surface area contributed by atoms with Gasteiger partial charge in [0.25, 0.3) is 0 Å². The molecule has 0 atom stereocenters. The van der Waals surface area contributed by atoms with Crippen LogP contribution in [0.2, 0.25) is 0 Å². The smallest absolute Gasteiger partial charge is 0.322 e.